The zero-order chi connectivity index (χ0) is 26.0. The molecule has 0 saturated heterocycles. The third kappa shape index (κ3) is 9.01. The average Bonchev–Trinajstić information content (AvgIpc) is 3.17. The summed E-state index contributed by atoms with van der Waals surface area (Å²) in [6.07, 6.45) is -0.143. The van der Waals surface area contributed by atoms with Crippen molar-refractivity contribution in [2.24, 2.45) is 11.8 Å². The monoisotopic (exact) mass is 490 g/mol. The molecular weight excluding hydrogens is 456 g/mol. The van der Waals surface area contributed by atoms with Crippen molar-refractivity contribution in [3.05, 3.63) is 52.3 Å². The molecule has 35 heavy (non-hydrogen) atoms. The second-order valence-electron chi connectivity index (χ2n) is 9.03. The smallest absolute Gasteiger partial charge is 0.439 e. The van der Waals surface area contributed by atoms with E-state index in [0.29, 0.717) is 6.42 Å². The lowest BCUT2D eigenvalue weighted by Gasteiger charge is -2.24. The SMILES string of the molecule is COCn1nc(C(=O)C(CC(C)C)NC(=O)C(CC(C)C)NC(=O)OCc2ccccc2)oc1=O. The number of nitrogens with one attached hydrogen (secondary N) is 2. The number of amides is 2. The van der Waals surface area contributed by atoms with Crippen LogP contribution < -0.4 is 16.4 Å². The Kier molecular flexibility index (Phi) is 10.7. The van der Waals surface area contributed by atoms with E-state index in [2.05, 4.69) is 15.7 Å². The lowest BCUT2D eigenvalue weighted by atomic mass is 9.98. The second-order valence-corrected chi connectivity index (χ2v) is 9.03. The number of hydrogen-bond donors (Lipinski definition) is 2. The van der Waals surface area contributed by atoms with Gasteiger partial charge < -0.3 is 24.5 Å². The molecule has 0 spiro atoms. The van der Waals surface area contributed by atoms with Crippen molar-refractivity contribution < 1.29 is 28.3 Å². The van der Waals surface area contributed by atoms with Gasteiger partial charge in [0.25, 0.3) is 5.89 Å². The average molecular weight is 491 g/mol. The van der Waals surface area contributed by atoms with Crippen molar-refractivity contribution in [2.75, 3.05) is 7.11 Å². The van der Waals surface area contributed by atoms with E-state index in [4.69, 9.17) is 13.9 Å². The van der Waals surface area contributed by atoms with Gasteiger partial charge in [0.2, 0.25) is 11.7 Å². The molecule has 2 aromatic rings. The van der Waals surface area contributed by atoms with Crippen LogP contribution in [0, 0.1) is 11.8 Å². The summed E-state index contributed by atoms with van der Waals surface area (Å²) in [6.45, 7) is 7.46. The van der Waals surface area contributed by atoms with Crippen LogP contribution in [0.5, 0.6) is 0 Å². The number of ketones is 1. The number of ether oxygens (including phenoxy) is 2. The summed E-state index contributed by atoms with van der Waals surface area (Å²) in [5, 5.41) is 9.13. The molecule has 2 N–H and O–H groups in total. The number of methoxy groups -OCH3 is 1. The number of aromatic nitrogens is 2. The van der Waals surface area contributed by atoms with E-state index in [9.17, 15) is 19.2 Å². The van der Waals surface area contributed by atoms with Crippen molar-refractivity contribution in [3.8, 4) is 0 Å². The number of benzene rings is 1. The number of hydrogen-bond acceptors (Lipinski definition) is 8. The molecule has 0 saturated carbocycles. The van der Waals surface area contributed by atoms with E-state index >= 15 is 0 Å². The van der Waals surface area contributed by atoms with E-state index in [1.54, 1.807) is 0 Å². The minimum atomic E-state index is -1.01. The van der Waals surface area contributed by atoms with Crippen LogP contribution in [0.25, 0.3) is 0 Å². The number of alkyl carbamates (subject to hydrolysis) is 1. The van der Waals surface area contributed by atoms with E-state index in [1.165, 1.54) is 7.11 Å². The molecule has 2 rings (SSSR count). The molecule has 1 aromatic carbocycles. The summed E-state index contributed by atoms with van der Waals surface area (Å²) in [5.74, 6) is -2.35. The third-order valence-electron chi connectivity index (χ3n) is 4.94. The van der Waals surface area contributed by atoms with E-state index in [0.717, 1.165) is 10.2 Å². The minimum absolute atomic E-state index is 0.0318. The quantitative estimate of drug-likeness (QED) is 0.408. The molecule has 2 amide bonds. The van der Waals surface area contributed by atoms with Gasteiger partial charge in [-0.2, -0.15) is 4.68 Å². The molecule has 0 aliphatic rings. The normalized spacial score (nSPS) is 12.9. The van der Waals surface area contributed by atoms with Crippen molar-refractivity contribution in [1.82, 2.24) is 20.4 Å². The Bertz CT molecular complexity index is 1030. The van der Waals surface area contributed by atoms with Gasteiger partial charge in [-0.15, -0.1) is 5.10 Å². The molecule has 11 heteroatoms. The van der Waals surface area contributed by atoms with Crippen molar-refractivity contribution in [2.45, 2.75) is 66.0 Å². The van der Waals surface area contributed by atoms with Crippen LogP contribution in [0.3, 0.4) is 0 Å². The van der Waals surface area contributed by atoms with Gasteiger partial charge in [-0.3, -0.25) is 9.59 Å². The Morgan fingerprint density at radius 1 is 1.00 bits per heavy atom. The van der Waals surface area contributed by atoms with E-state index < -0.39 is 41.5 Å². The molecular formula is C24H34N4O7. The highest BCUT2D eigenvalue weighted by Crippen LogP contribution is 2.12. The minimum Gasteiger partial charge on any atom is -0.445 e. The maximum atomic E-state index is 13.1. The van der Waals surface area contributed by atoms with Gasteiger partial charge in [0, 0.05) is 7.11 Å². The van der Waals surface area contributed by atoms with Crippen molar-refractivity contribution >= 4 is 17.8 Å². The molecule has 0 bridgehead atoms. The van der Waals surface area contributed by atoms with Crippen LogP contribution in [0.4, 0.5) is 4.79 Å². The number of rotatable bonds is 13. The fourth-order valence-corrected chi connectivity index (χ4v) is 3.34. The van der Waals surface area contributed by atoms with Crippen LogP contribution in [0.15, 0.2) is 39.5 Å². The van der Waals surface area contributed by atoms with Crippen LogP contribution in [0.2, 0.25) is 0 Å². The summed E-state index contributed by atoms with van der Waals surface area (Å²) in [6, 6.07) is 7.22. The lowest BCUT2D eigenvalue weighted by Crippen LogP contribution is -2.52. The number of carbonyl (C=O) groups is 3. The molecule has 0 radical (unpaired) electrons. The Morgan fingerprint density at radius 3 is 2.23 bits per heavy atom. The lowest BCUT2D eigenvalue weighted by molar-refractivity contribution is -0.124. The maximum Gasteiger partial charge on any atom is 0.439 e. The predicted octanol–water partition coefficient (Wildman–Crippen LogP) is 2.49. The molecule has 2 unspecified atom stereocenters. The first-order valence-corrected chi connectivity index (χ1v) is 11.5. The molecule has 1 heterocycles. The zero-order valence-corrected chi connectivity index (χ0v) is 20.8. The summed E-state index contributed by atoms with van der Waals surface area (Å²) in [4.78, 5) is 50.4. The van der Waals surface area contributed by atoms with Gasteiger partial charge in [-0.1, -0.05) is 58.0 Å². The topological polar surface area (TPSA) is 142 Å². The molecule has 0 aliphatic carbocycles. The van der Waals surface area contributed by atoms with E-state index in [1.807, 2.05) is 58.0 Å². The summed E-state index contributed by atoms with van der Waals surface area (Å²) in [7, 11) is 1.37. The van der Waals surface area contributed by atoms with Crippen LogP contribution >= 0.6 is 0 Å². The molecule has 0 aliphatic heterocycles. The van der Waals surface area contributed by atoms with E-state index in [-0.39, 0.29) is 31.6 Å². The summed E-state index contributed by atoms with van der Waals surface area (Å²) in [5.41, 5.74) is 0.810. The fourth-order valence-electron chi connectivity index (χ4n) is 3.34. The van der Waals surface area contributed by atoms with Crippen molar-refractivity contribution in [1.29, 1.82) is 0 Å². The Hall–Kier alpha value is -3.47. The number of nitrogens with zero attached hydrogens (tertiary/aromatic N) is 2. The first kappa shape index (κ1) is 27.8. The van der Waals surface area contributed by atoms with Crippen LogP contribution in [-0.2, 0) is 27.6 Å². The standard InChI is InChI=1S/C24H34N4O7/c1-15(2)11-18(20(29)22-27-28(14-33-5)24(32)35-22)25-21(30)19(12-16(3)4)26-23(31)34-13-17-9-7-6-8-10-17/h6-10,15-16,18-19H,11-14H2,1-5H3,(H,25,30)(H,26,31). The largest absolute Gasteiger partial charge is 0.445 e. The Balaban J connectivity index is 2.12. The summed E-state index contributed by atoms with van der Waals surface area (Å²) >= 11 is 0. The zero-order valence-electron chi connectivity index (χ0n) is 20.8. The van der Waals surface area contributed by atoms with Gasteiger partial charge in [-0.05, 0) is 30.2 Å². The third-order valence-corrected chi connectivity index (χ3v) is 4.94. The molecule has 11 nitrogen and oxygen atoms in total. The molecule has 1 aromatic heterocycles. The van der Waals surface area contributed by atoms with Gasteiger partial charge in [0.05, 0.1) is 6.04 Å². The molecule has 0 fully saturated rings. The van der Waals surface area contributed by atoms with Crippen LogP contribution in [-0.4, -0.2) is 46.8 Å². The Morgan fingerprint density at radius 2 is 1.63 bits per heavy atom. The van der Waals surface area contributed by atoms with Gasteiger partial charge >= 0.3 is 11.8 Å². The van der Waals surface area contributed by atoms with Crippen LogP contribution in [0.1, 0.15) is 56.8 Å². The molecule has 192 valence electrons. The maximum absolute atomic E-state index is 13.1. The highest BCUT2D eigenvalue weighted by atomic mass is 16.5. The van der Waals surface area contributed by atoms with Gasteiger partial charge in [0.1, 0.15) is 19.4 Å². The van der Waals surface area contributed by atoms with Gasteiger partial charge in [0.15, 0.2) is 0 Å². The fraction of sp³-hybridized carbons (Fsp3) is 0.542. The summed E-state index contributed by atoms with van der Waals surface area (Å²) < 4.78 is 15.9. The first-order chi connectivity index (χ1) is 16.6. The Labute approximate surface area is 204 Å². The van der Waals surface area contributed by atoms with Crippen molar-refractivity contribution in [3.63, 3.8) is 0 Å². The van der Waals surface area contributed by atoms with Gasteiger partial charge in [-0.25, -0.2) is 9.59 Å². The second kappa shape index (κ2) is 13.4. The number of Topliss-reactive ketones (excluding diaryl/α,β-unsaturated/α-hetero) is 1. The first-order valence-electron chi connectivity index (χ1n) is 11.5. The highest BCUT2D eigenvalue weighted by molar-refractivity contribution is 5.99. The highest BCUT2D eigenvalue weighted by Gasteiger charge is 2.31. The number of carbonyl (C=O) groups excluding carboxylic acids is 3. The predicted molar refractivity (Wildman–Crippen MR) is 126 cm³/mol. The molecule has 2 atom stereocenters.